The van der Waals surface area contributed by atoms with Crippen LogP contribution >= 0.6 is 12.1 Å². The summed E-state index contributed by atoms with van der Waals surface area (Å²) in [6, 6.07) is 3.62. The van der Waals surface area contributed by atoms with Crippen molar-refractivity contribution in [3.8, 4) is 0 Å². The maximum absolute atomic E-state index is 12.6. The summed E-state index contributed by atoms with van der Waals surface area (Å²) in [4.78, 5) is 15.2. The molecule has 0 saturated carbocycles. The fourth-order valence-electron chi connectivity index (χ4n) is 5.52. The molecule has 2 heterocycles. The van der Waals surface area contributed by atoms with Gasteiger partial charge in [0, 0.05) is 55.5 Å². The molecule has 0 aromatic heterocycles. The molecule has 2 atom stereocenters. The number of amides is 2. The van der Waals surface area contributed by atoms with Crippen molar-refractivity contribution < 1.29 is 4.79 Å². The second-order valence-electron chi connectivity index (χ2n) is 8.85. The Morgan fingerprint density at radius 2 is 1.78 bits per heavy atom. The van der Waals surface area contributed by atoms with Gasteiger partial charge in [0.2, 0.25) is 0 Å². The summed E-state index contributed by atoms with van der Waals surface area (Å²) in [5.41, 5.74) is 6.83. The topological polar surface area (TPSA) is 47.6 Å². The number of rotatable bonds is 4. The third-order valence-electron chi connectivity index (χ3n) is 6.89. The molecule has 27 heavy (non-hydrogen) atoms. The van der Waals surface area contributed by atoms with Crippen LogP contribution < -0.4 is 10.0 Å². The van der Waals surface area contributed by atoms with Crippen molar-refractivity contribution in [2.75, 3.05) is 25.0 Å². The number of hydrogen-bond donors (Lipinski definition) is 2. The minimum Gasteiger partial charge on any atom is -0.307 e. The number of anilines is 1. The molecule has 5 nitrogen and oxygen atoms in total. The molecule has 2 N–H and O–H groups in total. The highest BCUT2D eigenvalue weighted by Crippen LogP contribution is 2.39. The molecule has 2 amide bonds. The van der Waals surface area contributed by atoms with Crippen molar-refractivity contribution in [3.63, 3.8) is 0 Å². The lowest BCUT2D eigenvalue weighted by molar-refractivity contribution is 0.0217. The highest BCUT2D eigenvalue weighted by Gasteiger charge is 2.46. The number of carbonyl (C=O) groups is 1. The van der Waals surface area contributed by atoms with Crippen molar-refractivity contribution >= 4 is 23.9 Å². The Kier molecular flexibility index (Phi) is 4.61. The second-order valence-corrected chi connectivity index (χ2v) is 9.75. The zero-order valence-electron chi connectivity index (χ0n) is 16.4. The van der Waals surface area contributed by atoms with Crippen LogP contribution in [0.5, 0.6) is 0 Å². The van der Waals surface area contributed by atoms with E-state index < -0.39 is 0 Å². The molecule has 0 radical (unpaired) electrons. The van der Waals surface area contributed by atoms with Crippen molar-refractivity contribution in [2.45, 2.75) is 64.5 Å². The van der Waals surface area contributed by atoms with E-state index in [9.17, 15) is 4.79 Å². The number of hydrogen-bond acceptors (Lipinski definition) is 4. The average Bonchev–Trinajstić information content (AvgIpc) is 3.33. The Balaban J connectivity index is 1.20. The first kappa shape index (κ1) is 17.8. The maximum Gasteiger partial charge on any atom is 0.330 e. The third-order valence-corrected chi connectivity index (χ3v) is 7.72. The molecule has 1 aromatic carbocycles. The molecule has 5 rings (SSSR count). The number of aryl methyl sites for hydroxylation is 2. The number of carbonyl (C=O) groups excluding carboxylic acids is 1. The molecule has 2 unspecified atom stereocenters. The zero-order chi connectivity index (χ0) is 18.5. The molecule has 0 bridgehead atoms. The van der Waals surface area contributed by atoms with Gasteiger partial charge in [0.05, 0.1) is 0 Å². The van der Waals surface area contributed by atoms with Gasteiger partial charge in [-0.3, -0.25) is 9.62 Å². The first-order valence-electron chi connectivity index (χ1n) is 10.5. The normalized spacial score (nSPS) is 26.6. The molecule has 146 valence electrons. The van der Waals surface area contributed by atoms with E-state index in [0.29, 0.717) is 12.1 Å². The summed E-state index contributed by atoms with van der Waals surface area (Å²) in [5, 5.41) is 3.22. The van der Waals surface area contributed by atoms with E-state index in [0.717, 1.165) is 50.4 Å². The fourth-order valence-corrected chi connectivity index (χ4v) is 6.28. The molecule has 2 aliphatic heterocycles. The van der Waals surface area contributed by atoms with Crippen molar-refractivity contribution in [3.05, 3.63) is 28.3 Å². The second kappa shape index (κ2) is 6.98. The number of nitrogens with one attached hydrogen (secondary N) is 2. The third kappa shape index (κ3) is 3.15. The van der Waals surface area contributed by atoms with Crippen LogP contribution in [-0.2, 0) is 25.7 Å². The minimum absolute atomic E-state index is 0.0747. The van der Waals surface area contributed by atoms with Crippen LogP contribution in [0, 0.1) is 5.92 Å². The Morgan fingerprint density at radius 1 is 1.07 bits per heavy atom. The summed E-state index contributed by atoms with van der Waals surface area (Å²) in [5.74, 6) is 0.769. The van der Waals surface area contributed by atoms with Crippen LogP contribution in [0.1, 0.15) is 48.9 Å². The van der Waals surface area contributed by atoms with Gasteiger partial charge in [-0.25, -0.2) is 9.10 Å². The van der Waals surface area contributed by atoms with Gasteiger partial charge in [0.25, 0.3) is 0 Å². The lowest BCUT2D eigenvalue weighted by Crippen LogP contribution is -2.58. The van der Waals surface area contributed by atoms with Gasteiger partial charge < -0.3 is 5.32 Å². The van der Waals surface area contributed by atoms with Crippen molar-refractivity contribution in [1.29, 1.82) is 0 Å². The van der Waals surface area contributed by atoms with Gasteiger partial charge in [-0.15, -0.1) is 0 Å². The molecule has 2 saturated heterocycles. The summed E-state index contributed by atoms with van der Waals surface area (Å²) in [6.07, 6.45) is 6.96. The first-order valence-corrected chi connectivity index (χ1v) is 11.3. The van der Waals surface area contributed by atoms with Gasteiger partial charge in [0.15, 0.2) is 0 Å². The van der Waals surface area contributed by atoms with Crippen LogP contribution in [0.15, 0.2) is 6.07 Å². The van der Waals surface area contributed by atoms with Crippen LogP contribution in [0.25, 0.3) is 0 Å². The minimum atomic E-state index is -0.0747. The predicted octanol–water partition coefficient (Wildman–Crippen LogP) is 3.37. The molecule has 2 aliphatic carbocycles. The predicted molar refractivity (Wildman–Crippen MR) is 111 cm³/mol. The van der Waals surface area contributed by atoms with E-state index in [1.165, 1.54) is 53.8 Å². The van der Waals surface area contributed by atoms with E-state index in [2.05, 4.69) is 39.2 Å². The number of nitrogens with zero attached hydrogens (tertiary/aromatic N) is 2. The van der Waals surface area contributed by atoms with Crippen molar-refractivity contribution in [2.24, 2.45) is 5.92 Å². The van der Waals surface area contributed by atoms with Crippen LogP contribution in [0.3, 0.4) is 0 Å². The molecular formula is C21H30N4OS. The molecular weight excluding hydrogens is 356 g/mol. The number of urea groups is 1. The fraction of sp³-hybridized carbons (Fsp3) is 0.667. The number of benzene rings is 1. The largest absolute Gasteiger partial charge is 0.330 e. The van der Waals surface area contributed by atoms with E-state index in [1.54, 1.807) is 0 Å². The Hall–Kier alpha value is -1.24. The zero-order valence-corrected chi connectivity index (χ0v) is 17.2. The summed E-state index contributed by atoms with van der Waals surface area (Å²) >= 11 is 1.48. The van der Waals surface area contributed by atoms with Gasteiger partial charge in [0.1, 0.15) is 0 Å². The first-order chi connectivity index (χ1) is 13.1. The Labute approximate surface area is 166 Å². The number of fused-ring (bicyclic) bond motifs is 3. The van der Waals surface area contributed by atoms with Crippen LogP contribution in [-0.4, -0.2) is 47.0 Å². The van der Waals surface area contributed by atoms with E-state index >= 15 is 0 Å². The summed E-state index contributed by atoms with van der Waals surface area (Å²) in [7, 11) is 0. The van der Waals surface area contributed by atoms with E-state index in [-0.39, 0.29) is 6.03 Å². The molecule has 6 heteroatoms. The van der Waals surface area contributed by atoms with E-state index in [4.69, 9.17) is 0 Å². The lowest BCUT2D eigenvalue weighted by atomic mass is 9.90. The van der Waals surface area contributed by atoms with Crippen LogP contribution in [0.4, 0.5) is 10.5 Å². The standard InChI is InChI=1S/C21H30N4OS/c1-13(2)25-11-16-10-24(12-19(16)25)27-23-21(26)22-20-17-7-3-5-14(17)9-15-6-4-8-18(15)20/h9,13,16,19H,3-8,10-12H2,1-2H3,(H2,22,23,26). The van der Waals surface area contributed by atoms with Crippen molar-refractivity contribution in [1.82, 2.24) is 13.9 Å². The SMILES string of the molecule is CC(C)N1CC2CN(SNC(=O)Nc3c4c(cc5c3CCC5)CCC4)CC21. The summed E-state index contributed by atoms with van der Waals surface area (Å²) < 4.78 is 5.36. The Morgan fingerprint density at radius 3 is 2.44 bits per heavy atom. The highest BCUT2D eigenvalue weighted by atomic mass is 32.2. The Bertz CT molecular complexity index is 733. The van der Waals surface area contributed by atoms with Crippen LogP contribution in [0.2, 0.25) is 0 Å². The van der Waals surface area contributed by atoms with Gasteiger partial charge in [-0.2, -0.15) is 0 Å². The highest BCUT2D eigenvalue weighted by molar-refractivity contribution is 7.95. The molecule has 1 aromatic rings. The van der Waals surface area contributed by atoms with E-state index in [1.807, 2.05) is 0 Å². The smallest absolute Gasteiger partial charge is 0.307 e. The molecule has 2 fully saturated rings. The van der Waals surface area contributed by atoms with Gasteiger partial charge in [-0.05, 0) is 74.6 Å². The molecule has 0 spiro atoms. The average molecular weight is 387 g/mol. The lowest BCUT2D eigenvalue weighted by Gasteiger charge is -2.46. The molecule has 4 aliphatic rings. The quantitative estimate of drug-likeness (QED) is 0.779. The van der Waals surface area contributed by atoms with Gasteiger partial charge >= 0.3 is 6.03 Å². The monoisotopic (exact) mass is 386 g/mol. The van der Waals surface area contributed by atoms with Gasteiger partial charge in [-0.1, -0.05) is 6.07 Å². The summed E-state index contributed by atoms with van der Waals surface area (Å²) in [6.45, 7) is 7.87. The number of likely N-dealkylation sites (tertiary alicyclic amines) is 1. The maximum atomic E-state index is 12.6.